The van der Waals surface area contributed by atoms with Gasteiger partial charge in [0.25, 0.3) is 0 Å². The average Bonchev–Trinajstić information content (AvgIpc) is 3.30. The lowest BCUT2D eigenvalue weighted by Crippen LogP contribution is -2.05. The van der Waals surface area contributed by atoms with E-state index in [9.17, 15) is 0 Å². The lowest BCUT2D eigenvalue weighted by Gasteiger charge is -2.09. The first-order valence-electron chi connectivity index (χ1n) is 7.77. The molecule has 0 unspecified atom stereocenters. The van der Waals surface area contributed by atoms with Crippen LogP contribution in [0.3, 0.4) is 0 Å². The lowest BCUT2D eigenvalue weighted by molar-refractivity contribution is 0.174. The molecule has 0 aliphatic carbocycles. The summed E-state index contributed by atoms with van der Waals surface area (Å²) in [6.07, 6.45) is 0. The highest BCUT2D eigenvalue weighted by Gasteiger charge is 2.19. The number of aromatic nitrogens is 4. The van der Waals surface area contributed by atoms with E-state index in [-0.39, 0.29) is 6.79 Å². The molecule has 2 heterocycles. The molecular weight excluding hydrogens is 404 g/mol. The summed E-state index contributed by atoms with van der Waals surface area (Å²) >= 11 is 3.54. The molecule has 1 aliphatic rings. The summed E-state index contributed by atoms with van der Waals surface area (Å²) in [4.78, 5) is 1.51. The zero-order chi connectivity index (χ0) is 18.1. The summed E-state index contributed by atoms with van der Waals surface area (Å²) in [7, 11) is 3.17. The van der Waals surface area contributed by atoms with Crippen LogP contribution in [0.25, 0.3) is 11.4 Å². The summed E-state index contributed by atoms with van der Waals surface area (Å²) in [5.74, 6) is 3.06. The van der Waals surface area contributed by atoms with Crippen LogP contribution in [0.5, 0.6) is 23.0 Å². The van der Waals surface area contributed by atoms with Gasteiger partial charge in [0.1, 0.15) is 0 Å². The molecule has 0 saturated heterocycles. The van der Waals surface area contributed by atoms with Crippen molar-refractivity contribution in [1.29, 1.82) is 0 Å². The van der Waals surface area contributed by atoms with Crippen molar-refractivity contribution in [3.63, 3.8) is 0 Å². The highest BCUT2D eigenvalue weighted by Crippen LogP contribution is 2.38. The van der Waals surface area contributed by atoms with Gasteiger partial charge in [0.05, 0.1) is 26.3 Å². The second-order valence-electron chi connectivity index (χ2n) is 5.48. The summed E-state index contributed by atoms with van der Waals surface area (Å²) in [6.45, 7) is 0.656. The number of nitrogens with zero attached hydrogens (tertiary/aromatic N) is 4. The van der Waals surface area contributed by atoms with E-state index in [1.165, 1.54) is 4.80 Å². The van der Waals surface area contributed by atoms with E-state index >= 15 is 0 Å². The van der Waals surface area contributed by atoms with E-state index in [2.05, 4.69) is 31.3 Å². The second kappa shape index (κ2) is 6.83. The van der Waals surface area contributed by atoms with Gasteiger partial charge in [-0.3, -0.25) is 0 Å². The molecule has 1 aromatic heterocycles. The van der Waals surface area contributed by atoms with Crippen molar-refractivity contribution in [3.8, 4) is 34.4 Å². The number of para-hydroxylation sites is 1. The van der Waals surface area contributed by atoms with Crippen molar-refractivity contribution in [2.75, 3.05) is 21.0 Å². The minimum Gasteiger partial charge on any atom is -0.493 e. The number of tetrazole rings is 1. The zero-order valence-corrected chi connectivity index (χ0v) is 15.7. The van der Waals surface area contributed by atoms with Crippen molar-refractivity contribution in [1.82, 2.24) is 20.2 Å². The van der Waals surface area contributed by atoms with Gasteiger partial charge < -0.3 is 18.9 Å². The number of hydrogen-bond donors (Lipinski definition) is 0. The van der Waals surface area contributed by atoms with E-state index in [1.807, 2.05) is 30.3 Å². The minimum absolute atomic E-state index is 0.229. The molecule has 1 aliphatic heterocycles. The molecule has 134 valence electrons. The van der Waals surface area contributed by atoms with Crippen molar-refractivity contribution >= 4 is 15.9 Å². The van der Waals surface area contributed by atoms with Gasteiger partial charge in [-0.25, -0.2) is 0 Å². The van der Waals surface area contributed by atoms with Gasteiger partial charge >= 0.3 is 0 Å². The number of halogens is 1. The molecule has 3 aromatic rings. The van der Waals surface area contributed by atoms with Gasteiger partial charge in [-0.15, -0.1) is 10.2 Å². The molecule has 2 aromatic carbocycles. The number of rotatable bonds is 5. The normalized spacial score (nSPS) is 12.3. The molecule has 0 fully saturated rings. The Morgan fingerprint density at radius 1 is 1.15 bits per heavy atom. The Morgan fingerprint density at radius 2 is 1.96 bits per heavy atom. The Hall–Kier alpha value is -2.81. The molecular formula is C17H15BrN4O4. The molecule has 4 rings (SSSR count). The maximum absolute atomic E-state index is 5.44. The van der Waals surface area contributed by atoms with Crippen molar-refractivity contribution in [3.05, 3.63) is 40.4 Å². The standard InChI is InChI=1S/C17H15BrN4O4/c1-23-13-5-3-4-11(16(13)24-2)17-19-21-22(20-17)8-10-6-14-15(7-12(10)18)26-9-25-14/h3-7H,8-9H2,1-2H3. The topological polar surface area (TPSA) is 80.5 Å². The van der Waals surface area contributed by atoms with Crippen LogP contribution in [0.4, 0.5) is 0 Å². The van der Waals surface area contributed by atoms with Crippen molar-refractivity contribution in [2.24, 2.45) is 0 Å². The van der Waals surface area contributed by atoms with Gasteiger partial charge in [0.2, 0.25) is 12.6 Å². The molecule has 0 spiro atoms. The predicted molar refractivity (Wildman–Crippen MR) is 95.7 cm³/mol. The van der Waals surface area contributed by atoms with Gasteiger partial charge in [0, 0.05) is 4.47 Å². The Labute approximate surface area is 157 Å². The third kappa shape index (κ3) is 2.94. The third-order valence-electron chi connectivity index (χ3n) is 3.95. The molecule has 0 N–H and O–H groups in total. The summed E-state index contributed by atoms with van der Waals surface area (Å²) in [5, 5.41) is 12.7. The van der Waals surface area contributed by atoms with Crippen LogP contribution in [0.15, 0.2) is 34.8 Å². The summed E-state index contributed by atoms with van der Waals surface area (Å²) in [5.41, 5.74) is 1.67. The molecule has 0 atom stereocenters. The number of fused-ring (bicyclic) bond motifs is 1. The smallest absolute Gasteiger partial charge is 0.231 e. The van der Waals surface area contributed by atoms with Crippen LogP contribution in [-0.4, -0.2) is 41.2 Å². The molecule has 0 radical (unpaired) electrons. The van der Waals surface area contributed by atoms with Gasteiger partial charge in [-0.2, -0.15) is 4.80 Å². The van der Waals surface area contributed by atoms with Crippen molar-refractivity contribution in [2.45, 2.75) is 6.54 Å². The molecule has 8 nitrogen and oxygen atoms in total. The van der Waals surface area contributed by atoms with Gasteiger partial charge in [-0.1, -0.05) is 22.0 Å². The van der Waals surface area contributed by atoms with Crippen LogP contribution < -0.4 is 18.9 Å². The minimum atomic E-state index is 0.229. The Balaban J connectivity index is 1.64. The quantitative estimate of drug-likeness (QED) is 0.629. The van der Waals surface area contributed by atoms with E-state index in [4.69, 9.17) is 18.9 Å². The highest BCUT2D eigenvalue weighted by molar-refractivity contribution is 9.10. The fraction of sp³-hybridized carbons (Fsp3) is 0.235. The van der Waals surface area contributed by atoms with E-state index in [0.717, 1.165) is 10.0 Å². The monoisotopic (exact) mass is 418 g/mol. The summed E-state index contributed by atoms with van der Waals surface area (Å²) in [6, 6.07) is 9.31. The number of hydrogen-bond acceptors (Lipinski definition) is 7. The van der Waals surface area contributed by atoms with Gasteiger partial charge in [0.15, 0.2) is 23.0 Å². The van der Waals surface area contributed by atoms with Crippen LogP contribution in [0.1, 0.15) is 5.56 Å². The van der Waals surface area contributed by atoms with E-state index in [1.54, 1.807) is 14.2 Å². The maximum atomic E-state index is 5.44. The number of ether oxygens (including phenoxy) is 4. The zero-order valence-electron chi connectivity index (χ0n) is 14.1. The first kappa shape index (κ1) is 16.6. The third-order valence-corrected chi connectivity index (χ3v) is 4.69. The van der Waals surface area contributed by atoms with Crippen LogP contribution >= 0.6 is 15.9 Å². The Kier molecular flexibility index (Phi) is 4.37. The molecule has 0 amide bonds. The molecule has 0 saturated carbocycles. The Morgan fingerprint density at radius 3 is 2.73 bits per heavy atom. The molecule has 0 bridgehead atoms. The second-order valence-corrected chi connectivity index (χ2v) is 6.34. The lowest BCUT2D eigenvalue weighted by atomic mass is 10.2. The number of methoxy groups -OCH3 is 2. The van der Waals surface area contributed by atoms with Crippen molar-refractivity contribution < 1.29 is 18.9 Å². The first-order chi connectivity index (χ1) is 12.7. The van der Waals surface area contributed by atoms with E-state index in [0.29, 0.717) is 40.9 Å². The Bertz CT molecular complexity index is 960. The summed E-state index contributed by atoms with van der Waals surface area (Å²) < 4.78 is 22.4. The fourth-order valence-corrected chi connectivity index (χ4v) is 3.16. The first-order valence-corrected chi connectivity index (χ1v) is 8.56. The predicted octanol–water partition coefficient (Wildman–Crippen LogP) is 2.90. The average molecular weight is 419 g/mol. The van der Waals surface area contributed by atoms with Crippen LogP contribution in [0, 0.1) is 0 Å². The van der Waals surface area contributed by atoms with Gasteiger partial charge in [-0.05, 0) is 35.0 Å². The largest absolute Gasteiger partial charge is 0.493 e. The maximum Gasteiger partial charge on any atom is 0.231 e. The SMILES string of the molecule is COc1cccc(-c2nnn(Cc3cc4c(cc3Br)OCO4)n2)c1OC. The van der Waals surface area contributed by atoms with Crippen LogP contribution in [0.2, 0.25) is 0 Å². The number of benzene rings is 2. The molecule has 26 heavy (non-hydrogen) atoms. The molecule has 9 heteroatoms. The fourth-order valence-electron chi connectivity index (χ4n) is 2.71. The van der Waals surface area contributed by atoms with E-state index < -0.39 is 0 Å². The van der Waals surface area contributed by atoms with Crippen LogP contribution in [-0.2, 0) is 6.54 Å². The highest BCUT2D eigenvalue weighted by atomic mass is 79.9.